The van der Waals surface area contributed by atoms with E-state index in [4.69, 9.17) is 4.74 Å². The second-order valence-corrected chi connectivity index (χ2v) is 4.21. The highest BCUT2D eigenvalue weighted by atomic mass is 16.5. The van der Waals surface area contributed by atoms with Gasteiger partial charge >= 0.3 is 5.97 Å². The summed E-state index contributed by atoms with van der Waals surface area (Å²) < 4.78 is 5.03. The molecule has 0 aromatic carbocycles. The molecule has 0 amide bonds. The zero-order valence-electron chi connectivity index (χ0n) is 9.92. The van der Waals surface area contributed by atoms with Crippen LogP contribution in [0.5, 0.6) is 0 Å². The molecule has 15 heavy (non-hydrogen) atoms. The highest BCUT2D eigenvalue weighted by molar-refractivity contribution is 5.88. The molecule has 0 saturated heterocycles. The van der Waals surface area contributed by atoms with Crippen LogP contribution in [-0.2, 0) is 9.53 Å². The largest absolute Gasteiger partial charge is 0.463 e. The van der Waals surface area contributed by atoms with Crippen molar-refractivity contribution in [2.75, 3.05) is 6.61 Å². The first-order valence-electron chi connectivity index (χ1n) is 6.15. The molecule has 0 N–H and O–H groups in total. The van der Waals surface area contributed by atoms with Crippen molar-refractivity contribution < 1.29 is 9.53 Å². The first-order valence-corrected chi connectivity index (χ1v) is 6.15. The number of hydrogen-bond acceptors (Lipinski definition) is 2. The van der Waals surface area contributed by atoms with Gasteiger partial charge in [0, 0.05) is 5.57 Å². The highest BCUT2D eigenvalue weighted by Gasteiger charge is 2.18. The van der Waals surface area contributed by atoms with Gasteiger partial charge in [0.15, 0.2) is 0 Å². The molecule has 1 unspecified atom stereocenters. The second kappa shape index (κ2) is 6.65. The summed E-state index contributed by atoms with van der Waals surface area (Å²) >= 11 is 0. The lowest BCUT2D eigenvalue weighted by Gasteiger charge is -2.19. The second-order valence-electron chi connectivity index (χ2n) is 4.21. The van der Waals surface area contributed by atoms with Crippen LogP contribution in [0, 0.1) is 5.92 Å². The van der Waals surface area contributed by atoms with E-state index < -0.39 is 0 Å². The van der Waals surface area contributed by atoms with Gasteiger partial charge in [0.2, 0.25) is 0 Å². The number of unbranched alkanes of at least 4 members (excludes halogenated alkanes) is 1. The van der Waals surface area contributed by atoms with Gasteiger partial charge in [-0.25, -0.2) is 4.79 Å². The van der Waals surface area contributed by atoms with Crippen LogP contribution in [0.15, 0.2) is 11.6 Å². The van der Waals surface area contributed by atoms with Crippen LogP contribution in [0.4, 0.5) is 0 Å². The fraction of sp³-hybridized carbons (Fsp3) is 0.769. The molecule has 0 bridgehead atoms. The zero-order valence-corrected chi connectivity index (χ0v) is 9.92. The summed E-state index contributed by atoms with van der Waals surface area (Å²) in [7, 11) is 0. The summed E-state index contributed by atoms with van der Waals surface area (Å²) in [5.74, 6) is 0.511. The van der Waals surface area contributed by atoms with Gasteiger partial charge in [-0.2, -0.15) is 0 Å². The summed E-state index contributed by atoms with van der Waals surface area (Å²) in [5, 5.41) is 0. The molecule has 0 aromatic rings. The quantitative estimate of drug-likeness (QED) is 0.649. The Morgan fingerprint density at radius 2 is 2.33 bits per heavy atom. The lowest BCUT2D eigenvalue weighted by atomic mass is 9.87. The van der Waals surface area contributed by atoms with Crippen molar-refractivity contribution >= 4 is 5.97 Å². The van der Waals surface area contributed by atoms with Gasteiger partial charge < -0.3 is 4.74 Å². The van der Waals surface area contributed by atoms with Crippen LogP contribution in [0.1, 0.15) is 52.4 Å². The highest BCUT2D eigenvalue weighted by Crippen LogP contribution is 2.27. The molecule has 1 atom stereocenters. The molecule has 0 saturated carbocycles. The maximum atomic E-state index is 11.5. The normalized spacial score (nSPS) is 20.9. The molecule has 1 aliphatic rings. The van der Waals surface area contributed by atoms with Crippen molar-refractivity contribution in [2.24, 2.45) is 5.92 Å². The van der Waals surface area contributed by atoms with E-state index in [1.165, 1.54) is 25.7 Å². The van der Waals surface area contributed by atoms with E-state index in [0.29, 0.717) is 12.5 Å². The average Bonchev–Trinajstić information content (AvgIpc) is 2.27. The van der Waals surface area contributed by atoms with Gasteiger partial charge in [-0.3, -0.25) is 0 Å². The summed E-state index contributed by atoms with van der Waals surface area (Å²) in [6.45, 7) is 4.55. The predicted molar refractivity (Wildman–Crippen MR) is 61.6 cm³/mol. The molecule has 0 spiro atoms. The van der Waals surface area contributed by atoms with Crippen LogP contribution >= 0.6 is 0 Å². The third-order valence-electron chi connectivity index (χ3n) is 2.92. The molecule has 0 aliphatic heterocycles. The lowest BCUT2D eigenvalue weighted by molar-refractivity contribution is -0.138. The number of allylic oxidation sites excluding steroid dienone is 1. The number of rotatable bonds is 5. The monoisotopic (exact) mass is 210 g/mol. The molecule has 2 heteroatoms. The van der Waals surface area contributed by atoms with Crippen LogP contribution in [0.3, 0.4) is 0 Å². The topological polar surface area (TPSA) is 26.3 Å². The molecule has 0 radical (unpaired) electrons. The van der Waals surface area contributed by atoms with Gasteiger partial charge in [0.25, 0.3) is 0 Å². The Labute approximate surface area is 92.7 Å². The average molecular weight is 210 g/mol. The van der Waals surface area contributed by atoms with Gasteiger partial charge in [-0.05, 0) is 38.5 Å². The Balaban J connectivity index is 2.48. The SMILES string of the molecule is CCCCC1C=C(C(=O)OCC)CCC1. The van der Waals surface area contributed by atoms with Crippen molar-refractivity contribution in [1.29, 1.82) is 0 Å². The van der Waals surface area contributed by atoms with E-state index in [-0.39, 0.29) is 5.97 Å². The first-order chi connectivity index (χ1) is 7.27. The van der Waals surface area contributed by atoms with Crippen LogP contribution < -0.4 is 0 Å². The molecule has 0 aromatic heterocycles. The number of hydrogen-bond donors (Lipinski definition) is 0. The summed E-state index contributed by atoms with van der Waals surface area (Å²) in [6.07, 6.45) is 9.15. The molecule has 0 heterocycles. The standard InChI is InChI=1S/C13H22O2/c1-3-5-7-11-8-6-9-12(10-11)13(14)15-4-2/h10-11H,3-9H2,1-2H3. The van der Waals surface area contributed by atoms with Gasteiger partial charge in [-0.15, -0.1) is 0 Å². The number of ether oxygens (including phenoxy) is 1. The number of carbonyl (C=O) groups excluding carboxylic acids is 1. The first kappa shape index (κ1) is 12.3. The van der Waals surface area contributed by atoms with E-state index in [1.807, 2.05) is 6.92 Å². The van der Waals surface area contributed by atoms with Crippen LogP contribution in [0.2, 0.25) is 0 Å². The van der Waals surface area contributed by atoms with Crippen LogP contribution in [-0.4, -0.2) is 12.6 Å². The van der Waals surface area contributed by atoms with Crippen LogP contribution in [0.25, 0.3) is 0 Å². The predicted octanol–water partition coefficient (Wildman–Crippen LogP) is 3.47. The van der Waals surface area contributed by atoms with E-state index in [9.17, 15) is 4.79 Å². The summed E-state index contributed by atoms with van der Waals surface area (Å²) in [5.41, 5.74) is 0.907. The van der Waals surface area contributed by atoms with Crippen molar-refractivity contribution in [1.82, 2.24) is 0 Å². The van der Waals surface area contributed by atoms with E-state index in [2.05, 4.69) is 13.0 Å². The fourth-order valence-electron chi connectivity index (χ4n) is 2.09. The Kier molecular flexibility index (Phi) is 5.44. The Hall–Kier alpha value is -0.790. The molecule has 1 rings (SSSR count). The summed E-state index contributed by atoms with van der Waals surface area (Å²) in [6, 6.07) is 0. The number of esters is 1. The minimum atomic E-state index is -0.0984. The van der Waals surface area contributed by atoms with E-state index in [0.717, 1.165) is 18.4 Å². The lowest BCUT2D eigenvalue weighted by Crippen LogP contribution is -2.13. The molecule has 86 valence electrons. The smallest absolute Gasteiger partial charge is 0.333 e. The van der Waals surface area contributed by atoms with Crippen molar-refractivity contribution in [3.8, 4) is 0 Å². The fourth-order valence-corrected chi connectivity index (χ4v) is 2.09. The van der Waals surface area contributed by atoms with Crippen molar-refractivity contribution in [2.45, 2.75) is 52.4 Å². The molecule has 1 aliphatic carbocycles. The minimum Gasteiger partial charge on any atom is -0.463 e. The third kappa shape index (κ3) is 4.06. The summed E-state index contributed by atoms with van der Waals surface area (Å²) in [4.78, 5) is 11.5. The van der Waals surface area contributed by atoms with E-state index in [1.54, 1.807) is 0 Å². The molecule has 2 nitrogen and oxygen atoms in total. The van der Waals surface area contributed by atoms with Gasteiger partial charge in [0.1, 0.15) is 0 Å². The Bertz CT molecular complexity index is 231. The molecular weight excluding hydrogens is 188 g/mol. The zero-order chi connectivity index (χ0) is 11.1. The number of carbonyl (C=O) groups is 1. The Morgan fingerprint density at radius 3 is 3.00 bits per heavy atom. The molecular formula is C13H22O2. The van der Waals surface area contributed by atoms with Crippen molar-refractivity contribution in [3.63, 3.8) is 0 Å². The maximum absolute atomic E-state index is 11.5. The van der Waals surface area contributed by atoms with Gasteiger partial charge in [-0.1, -0.05) is 25.8 Å². The minimum absolute atomic E-state index is 0.0984. The maximum Gasteiger partial charge on any atom is 0.333 e. The van der Waals surface area contributed by atoms with E-state index >= 15 is 0 Å². The van der Waals surface area contributed by atoms with Gasteiger partial charge in [0.05, 0.1) is 6.61 Å². The third-order valence-corrected chi connectivity index (χ3v) is 2.92. The molecule has 0 fully saturated rings. The van der Waals surface area contributed by atoms with Crippen molar-refractivity contribution in [3.05, 3.63) is 11.6 Å². The Morgan fingerprint density at radius 1 is 1.53 bits per heavy atom.